The number of aryl methyl sites for hydroxylation is 1. The summed E-state index contributed by atoms with van der Waals surface area (Å²) in [5.74, 6) is 0.775. The molecule has 1 aliphatic heterocycles. The van der Waals surface area contributed by atoms with Crippen LogP contribution in [0.4, 0.5) is 0 Å². The number of fused-ring (bicyclic) bond motifs is 1. The molecule has 1 aliphatic rings. The highest BCUT2D eigenvalue weighted by Crippen LogP contribution is 2.35. The fraction of sp³-hybridized carbons (Fsp3) is 0.286. The third-order valence-electron chi connectivity index (χ3n) is 5.37. The van der Waals surface area contributed by atoms with Crippen LogP contribution in [0.3, 0.4) is 0 Å². The van der Waals surface area contributed by atoms with Crippen molar-refractivity contribution in [1.29, 1.82) is 0 Å². The lowest BCUT2D eigenvalue weighted by molar-refractivity contribution is 0.0756. The van der Waals surface area contributed by atoms with E-state index in [1.54, 1.807) is 6.07 Å². The van der Waals surface area contributed by atoms with Gasteiger partial charge >= 0.3 is 0 Å². The molecule has 0 aliphatic carbocycles. The molecule has 0 unspecified atom stereocenters. The molecule has 142 valence electrons. The van der Waals surface area contributed by atoms with Crippen molar-refractivity contribution in [2.24, 2.45) is 11.7 Å². The molecule has 1 fully saturated rings. The fourth-order valence-corrected chi connectivity index (χ4v) is 4.12. The second-order valence-electron chi connectivity index (χ2n) is 6.90. The van der Waals surface area contributed by atoms with Crippen molar-refractivity contribution in [1.82, 2.24) is 4.90 Å². The van der Waals surface area contributed by atoms with Crippen LogP contribution in [0.1, 0.15) is 27.6 Å². The average Bonchev–Trinajstić information content (AvgIpc) is 3.25. The molecule has 4 rings (SSSR count). The third kappa shape index (κ3) is 3.45. The highest BCUT2D eigenvalue weighted by molar-refractivity contribution is 6.35. The number of hydrogen-bond acceptors (Lipinski definition) is 3. The molecule has 0 radical (unpaired) electrons. The van der Waals surface area contributed by atoms with E-state index in [1.165, 1.54) is 5.56 Å². The second kappa shape index (κ2) is 7.93. The first-order valence-corrected chi connectivity index (χ1v) is 9.20. The lowest BCUT2D eigenvalue weighted by Crippen LogP contribution is -2.30. The van der Waals surface area contributed by atoms with E-state index in [-0.39, 0.29) is 30.2 Å². The smallest absolute Gasteiger partial charge is 0.289 e. The van der Waals surface area contributed by atoms with E-state index in [0.717, 1.165) is 10.9 Å². The van der Waals surface area contributed by atoms with Crippen LogP contribution in [0.5, 0.6) is 0 Å². The van der Waals surface area contributed by atoms with Gasteiger partial charge in [-0.1, -0.05) is 54.1 Å². The molecule has 2 heterocycles. The minimum atomic E-state index is -0.0911. The molecule has 1 aromatic heterocycles. The molecule has 0 saturated carbocycles. The zero-order chi connectivity index (χ0) is 18.3. The van der Waals surface area contributed by atoms with Crippen LogP contribution in [0.25, 0.3) is 11.0 Å². The number of likely N-dealkylation sites (tertiary alicyclic amines) is 1. The Labute approximate surface area is 169 Å². The van der Waals surface area contributed by atoms with Crippen molar-refractivity contribution >= 4 is 40.9 Å². The maximum Gasteiger partial charge on any atom is 0.289 e. The first-order chi connectivity index (χ1) is 12.6. The monoisotopic (exact) mass is 404 g/mol. The Kier molecular flexibility index (Phi) is 5.80. The number of rotatable bonds is 3. The van der Waals surface area contributed by atoms with Gasteiger partial charge in [0, 0.05) is 30.0 Å². The molecule has 0 bridgehead atoms. The lowest BCUT2D eigenvalue weighted by Gasteiger charge is -2.16. The molecule has 3 aromatic rings. The summed E-state index contributed by atoms with van der Waals surface area (Å²) in [7, 11) is 0. The molecule has 2 aromatic carbocycles. The highest BCUT2D eigenvalue weighted by atomic mass is 35.5. The predicted octanol–water partition coefficient (Wildman–Crippen LogP) is 4.63. The number of benzene rings is 2. The van der Waals surface area contributed by atoms with Crippen LogP contribution in [0, 0.1) is 12.8 Å². The van der Waals surface area contributed by atoms with Crippen LogP contribution in [-0.4, -0.2) is 30.4 Å². The van der Waals surface area contributed by atoms with Gasteiger partial charge < -0.3 is 15.1 Å². The van der Waals surface area contributed by atoms with Gasteiger partial charge in [0.2, 0.25) is 0 Å². The van der Waals surface area contributed by atoms with Gasteiger partial charge in [0.05, 0.1) is 5.02 Å². The zero-order valence-electron chi connectivity index (χ0n) is 15.0. The predicted molar refractivity (Wildman–Crippen MR) is 111 cm³/mol. The summed E-state index contributed by atoms with van der Waals surface area (Å²) < 4.78 is 5.86. The zero-order valence-corrected chi connectivity index (χ0v) is 16.6. The number of carbonyl (C=O) groups excluding carboxylic acids is 1. The molecule has 0 spiro atoms. The Morgan fingerprint density at radius 3 is 2.59 bits per heavy atom. The average molecular weight is 405 g/mol. The normalized spacial score (nSPS) is 19.3. The Hall–Kier alpha value is -2.01. The topological polar surface area (TPSA) is 59.5 Å². The summed E-state index contributed by atoms with van der Waals surface area (Å²) >= 11 is 6.22. The molecule has 1 amide bonds. The molecular weight excluding hydrogens is 383 g/mol. The van der Waals surface area contributed by atoms with Crippen molar-refractivity contribution in [3.8, 4) is 0 Å². The first kappa shape index (κ1) is 19.7. The Morgan fingerprint density at radius 1 is 1.19 bits per heavy atom. The van der Waals surface area contributed by atoms with Crippen LogP contribution in [0.15, 0.2) is 52.9 Å². The Morgan fingerprint density at radius 2 is 1.93 bits per heavy atom. The summed E-state index contributed by atoms with van der Waals surface area (Å²) in [5.41, 5.74) is 8.63. The van der Waals surface area contributed by atoms with E-state index >= 15 is 0 Å². The van der Waals surface area contributed by atoms with E-state index in [9.17, 15) is 4.79 Å². The first-order valence-electron chi connectivity index (χ1n) is 8.82. The quantitative estimate of drug-likeness (QED) is 0.691. The molecule has 1 saturated heterocycles. The van der Waals surface area contributed by atoms with Gasteiger partial charge in [-0.25, -0.2) is 0 Å². The van der Waals surface area contributed by atoms with E-state index in [1.807, 2.05) is 42.2 Å². The maximum absolute atomic E-state index is 13.1. The molecule has 2 atom stereocenters. The number of nitrogens with two attached hydrogens (primary N) is 1. The lowest BCUT2D eigenvalue weighted by atomic mass is 9.89. The summed E-state index contributed by atoms with van der Waals surface area (Å²) in [5, 5.41) is 1.41. The van der Waals surface area contributed by atoms with Crippen molar-refractivity contribution in [2.45, 2.75) is 12.8 Å². The number of furan rings is 1. The summed E-state index contributed by atoms with van der Waals surface area (Å²) in [6, 6.07) is 15.8. The molecule has 4 nitrogen and oxygen atoms in total. The van der Waals surface area contributed by atoms with Gasteiger partial charge in [0.15, 0.2) is 11.3 Å². The van der Waals surface area contributed by atoms with Crippen molar-refractivity contribution in [3.63, 3.8) is 0 Å². The van der Waals surface area contributed by atoms with E-state index in [4.69, 9.17) is 21.8 Å². The summed E-state index contributed by atoms with van der Waals surface area (Å²) in [6.07, 6.45) is 0. The Bertz CT molecular complexity index is 955. The van der Waals surface area contributed by atoms with Crippen molar-refractivity contribution < 1.29 is 9.21 Å². The van der Waals surface area contributed by atoms with Crippen molar-refractivity contribution in [3.05, 3.63) is 70.4 Å². The second-order valence-corrected chi connectivity index (χ2v) is 7.30. The number of para-hydroxylation sites is 1. The molecular formula is C21H22Cl2N2O2. The minimum Gasteiger partial charge on any atom is -0.449 e. The number of amides is 1. The van der Waals surface area contributed by atoms with Gasteiger partial charge in [0.1, 0.15) is 0 Å². The number of nitrogens with zero attached hydrogens (tertiary/aromatic N) is 1. The molecule has 2 N–H and O–H groups in total. The van der Waals surface area contributed by atoms with Crippen LogP contribution in [0.2, 0.25) is 5.02 Å². The van der Waals surface area contributed by atoms with Gasteiger partial charge in [-0.05, 0) is 31.0 Å². The summed E-state index contributed by atoms with van der Waals surface area (Å²) in [6.45, 7) is 3.74. The largest absolute Gasteiger partial charge is 0.449 e. The van der Waals surface area contributed by atoms with Gasteiger partial charge in [-0.2, -0.15) is 0 Å². The van der Waals surface area contributed by atoms with Crippen LogP contribution in [-0.2, 0) is 0 Å². The van der Waals surface area contributed by atoms with Crippen molar-refractivity contribution in [2.75, 3.05) is 19.6 Å². The van der Waals surface area contributed by atoms with Gasteiger partial charge in [0.25, 0.3) is 5.91 Å². The van der Waals surface area contributed by atoms with E-state index < -0.39 is 0 Å². The van der Waals surface area contributed by atoms with Gasteiger partial charge in [-0.15, -0.1) is 12.4 Å². The molecule has 27 heavy (non-hydrogen) atoms. The summed E-state index contributed by atoms with van der Waals surface area (Å²) in [4.78, 5) is 15.0. The Balaban J connectivity index is 0.00000210. The number of carbonyl (C=O) groups is 1. The standard InChI is InChI=1S/C21H21ClN2O2.ClH/c1-13-16-8-5-9-18(22)20(16)26-19(13)21(25)24-11-15(10-23)17(12-24)14-6-3-2-4-7-14;/h2-9,15,17H,10-12,23H2,1H3;1H/t15-,17+;/m1./s1. The minimum absolute atomic E-state index is 0. The van der Waals surface area contributed by atoms with E-state index in [0.29, 0.717) is 36.0 Å². The van der Waals surface area contributed by atoms with Crippen LogP contribution < -0.4 is 5.73 Å². The highest BCUT2D eigenvalue weighted by Gasteiger charge is 2.37. The maximum atomic E-state index is 13.1. The number of halogens is 2. The van der Waals surface area contributed by atoms with Gasteiger partial charge in [-0.3, -0.25) is 4.79 Å². The van der Waals surface area contributed by atoms with E-state index in [2.05, 4.69) is 12.1 Å². The SMILES string of the molecule is Cc1c(C(=O)N2C[C@@H](CN)[C@H](c3ccccc3)C2)oc2c(Cl)cccc12.Cl. The van der Waals surface area contributed by atoms with Crippen LogP contribution >= 0.6 is 24.0 Å². The molecule has 6 heteroatoms. The number of hydrogen-bond donors (Lipinski definition) is 1. The fourth-order valence-electron chi connectivity index (χ4n) is 3.91. The third-order valence-corrected chi connectivity index (χ3v) is 5.67.